The molecule has 2 aromatic carbocycles. The monoisotopic (exact) mass is 429 g/mol. The van der Waals surface area contributed by atoms with Crippen LogP contribution in [-0.4, -0.2) is 28.8 Å². The van der Waals surface area contributed by atoms with Gasteiger partial charge < -0.3 is 14.5 Å². The Kier molecular flexibility index (Phi) is 3.94. The van der Waals surface area contributed by atoms with Gasteiger partial charge in [-0.25, -0.2) is 4.98 Å². The van der Waals surface area contributed by atoms with Gasteiger partial charge in [0.15, 0.2) is 5.82 Å². The molecule has 0 radical (unpaired) electrons. The Morgan fingerprint density at radius 3 is 2.81 bits per heavy atom. The Labute approximate surface area is 181 Å². The largest absolute Gasteiger partial charge is 0.497 e. The van der Waals surface area contributed by atoms with Crippen molar-refractivity contribution in [3.05, 3.63) is 63.8 Å². The molecule has 0 amide bonds. The maximum Gasteiger partial charge on any atom is 0.263 e. The quantitative estimate of drug-likeness (QED) is 0.445. The predicted octanol–water partition coefficient (Wildman–Crippen LogP) is 4.85. The van der Waals surface area contributed by atoms with Crippen LogP contribution in [0, 0.1) is 0 Å². The lowest BCUT2D eigenvalue weighted by Gasteiger charge is -2.18. The van der Waals surface area contributed by atoms with E-state index in [9.17, 15) is 4.79 Å². The molecule has 6 nitrogen and oxygen atoms in total. The Bertz CT molecular complexity index is 1540. The molecule has 5 aromatic rings. The van der Waals surface area contributed by atoms with E-state index in [0.29, 0.717) is 29.3 Å². The molecule has 0 saturated carbocycles. The number of ether oxygens (including phenoxy) is 2. The van der Waals surface area contributed by atoms with Gasteiger partial charge in [0, 0.05) is 34.0 Å². The van der Waals surface area contributed by atoms with E-state index >= 15 is 0 Å². The van der Waals surface area contributed by atoms with Crippen molar-refractivity contribution in [3.8, 4) is 34.1 Å². The van der Waals surface area contributed by atoms with Crippen LogP contribution in [0.2, 0.25) is 0 Å². The molecule has 1 aliphatic rings. The topological polar surface area (TPSA) is 69.1 Å². The van der Waals surface area contributed by atoms with Crippen LogP contribution in [0.3, 0.4) is 0 Å². The third-order valence-corrected chi connectivity index (χ3v) is 6.89. The Hall–Kier alpha value is -3.58. The molecule has 0 unspecified atom stereocenters. The van der Waals surface area contributed by atoms with Gasteiger partial charge in [0.25, 0.3) is 5.56 Å². The summed E-state index contributed by atoms with van der Waals surface area (Å²) in [5, 5.41) is 3.81. The number of H-pyrrole nitrogens is 1. The predicted molar refractivity (Wildman–Crippen MR) is 123 cm³/mol. The number of benzene rings is 2. The van der Waals surface area contributed by atoms with Gasteiger partial charge in [0.05, 0.1) is 25.3 Å². The van der Waals surface area contributed by atoms with Gasteiger partial charge in [-0.3, -0.25) is 9.36 Å². The highest BCUT2D eigenvalue weighted by atomic mass is 32.1. The van der Waals surface area contributed by atoms with E-state index in [1.807, 2.05) is 35.7 Å². The van der Waals surface area contributed by atoms with Crippen molar-refractivity contribution < 1.29 is 9.47 Å². The molecular weight excluding hydrogens is 410 g/mol. The van der Waals surface area contributed by atoms with Crippen LogP contribution in [0.1, 0.15) is 5.56 Å². The van der Waals surface area contributed by atoms with Gasteiger partial charge in [0.1, 0.15) is 16.3 Å². The fourth-order valence-corrected chi connectivity index (χ4v) is 5.45. The second-order valence-electron chi connectivity index (χ2n) is 7.56. The molecule has 3 aromatic heterocycles. The van der Waals surface area contributed by atoms with Gasteiger partial charge >= 0.3 is 0 Å². The van der Waals surface area contributed by atoms with E-state index in [1.54, 1.807) is 18.8 Å². The van der Waals surface area contributed by atoms with E-state index < -0.39 is 0 Å². The average Bonchev–Trinajstić information content (AvgIpc) is 3.40. The third kappa shape index (κ3) is 2.56. The Morgan fingerprint density at radius 2 is 1.97 bits per heavy atom. The molecule has 1 N–H and O–H groups in total. The minimum Gasteiger partial charge on any atom is -0.497 e. The first-order valence-corrected chi connectivity index (χ1v) is 10.9. The Morgan fingerprint density at radius 1 is 1.10 bits per heavy atom. The highest BCUT2D eigenvalue weighted by Crippen LogP contribution is 2.40. The van der Waals surface area contributed by atoms with E-state index in [1.165, 1.54) is 22.3 Å². The van der Waals surface area contributed by atoms with Crippen molar-refractivity contribution in [2.75, 3.05) is 14.2 Å². The van der Waals surface area contributed by atoms with Crippen LogP contribution >= 0.6 is 11.3 Å². The van der Waals surface area contributed by atoms with Gasteiger partial charge in [-0.15, -0.1) is 11.3 Å². The molecule has 0 atom stereocenters. The van der Waals surface area contributed by atoms with E-state index in [-0.39, 0.29) is 5.56 Å². The van der Waals surface area contributed by atoms with Crippen molar-refractivity contribution in [2.45, 2.75) is 13.0 Å². The maximum absolute atomic E-state index is 13.7. The van der Waals surface area contributed by atoms with Crippen molar-refractivity contribution in [3.63, 3.8) is 0 Å². The number of fused-ring (bicyclic) bond motifs is 6. The lowest BCUT2D eigenvalue weighted by Crippen LogP contribution is -2.27. The molecule has 0 saturated heterocycles. The number of aromatic amines is 1. The van der Waals surface area contributed by atoms with Crippen LogP contribution in [0.4, 0.5) is 0 Å². The summed E-state index contributed by atoms with van der Waals surface area (Å²) in [6.45, 7) is 0.608. The SMILES string of the molecule is COc1ccc(OC)c(-c2csc3nc4n(c(=O)c23)CCc2c-4[nH]c3ccccc23)c1. The number of hydrogen-bond donors (Lipinski definition) is 1. The fraction of sp³-hybridized carbons (Fsp3) is 0.167. The average molecular weight is 430 g/mol. The molecule has 7 heteroatoms. The second kappa shape index (κ2) is 6.72. The minimum absolute atomic E-state index is 0.0228. The summed E-state index contributed by atoms with van der Waals surface area (Å²) in [5.41, 5.74) is 4.88. The number of hydrogen-bond acceptors (Lipinski definition) is 5. The second-order valence-corrected chi connectivity index (χ2v) is 8.42. The third-order valence-electron chi connectivity index (χ3n) is 6.01. The number of thiophene rings is 1. The fourth-order valence-electron chi connectivity index (χ4n) is 4.52. The van der Waals surface area contributed by atoms with Crippen LogP contribution < -0.4 is 15.0 Å². The zero-order valence-corrected chi connectivity index (χ0v) is 17.9. The van der Waals surface area contributed by atoms with Crippen LogP contribution in [-0.2, 0) is 13.0 Å². The lowest BCUT2D eigenvalue weighted by atomic mass is 10.0. The lowest BCUT2D eigenvalue weighted by molar-refractivity contribution is 0.404. The summed E-state index contributed by atoms with van der Waals surface area (Å²) in [7, 11) is 3.26. The summed E-state index contributed by atoms with van der Waals surface area (Å²) in [6, 6.07) is 13.9. The standard InChI is InChI=1S/C24H19N3O3S/c1-29-13-7-8-19(30-2)16(11-13)17-12-31-23-20(17)24(28)27-10-9-15-14-5-3-4-6-18(14)25-21(15)22(27)26-23/h3-8,11-12,25H,9-10H2,1-2H3. The molecular formula is C24H19N3O3S. The Balaban J connectivity index is 1.62. The number of methoxy groups -OCH3 is 2. The van der Waals surface area contributed by atoms with Crippen molar-refractivity contribution in [1.29, 1.82) is 0 Å². The van der Waals surface area contributed by atoms with E-state index in [0.717, 1.165) is 33.6 Å². The highest BCUT2D eigenvalue weighted by Gasteiger charge is 2.26. The summed E-state index contributed by atoms with van der Waals surface area (Å²) < 4.78 is 12.8. The van der Waals surface area contributed by atoms with Crippen molar-refractivity contribution in [1.82, 2.24) is 14.5 Å². The molecule has 154 valence electrons. The smallest absolute Gasteiger partial charge is 0.263 e. The highest BCUT2D eigenvalue weighted by molar-refractivity contribution is 7.17. The molecule has 6 rings (SSSR count). The number of nitrogens with one attached hydrogen (secondary N) is 1. The zero-order chi connectivity index (χ0) is 21.1. The van der Waals surface area contributed by atoms with Crippen LogP contribution in [0.25, 0.3) is 43.8 Å². The molecule has 4 heterocycles. The molecule has 0 spiro atoms. The van der Waals surface area contributed by atoms with E-state index in [2.05, 4.69) is 17.1 Å². The summed E-state index contributed by atoms with van der Waals surface area (Å²) in [5.74, 6) is 2.12. The number of aromatic nitrogens is 3. The van der Waals surface area contributed by atoms with Crippen LogP contribution in [0.5, 0.6) is 11.5 Å². The minimum atomic E-state index is -0.0228. The molecule has 0 bridgehead atoms. The molecule has 1 aliphatic heterocycles. The summed E-state index contributed by atoms with van der Waals surface area (Å²) >= 11 is 1.48. The number of nitrogens with zero attached hydrogens (tertiary/aromatic N) is 2. The first-order valence-electron chi connectivity index (χ1n) is 10.0. The van der Waals surface area contributed by atoms with Crippen molar-refractivity contribution in [2.24, 2.45) is 0 Å². The summed E-state index contributed by atoms with van der Waals surface area (Å²) in [6.07, 6.45) is 0.793. The van der Waals surface area contributed by atoms with Crippen LogP contribution in [0.15, 0.2) is 52.6 Å². The molecule has 31 heavy (non-hydrogen) atoms. The number of aryl methyl sites for hydroxylation is 1. The normalized spacial score (nSPS) is 12.7. The maximum atomic E-state index is 13.7. The number of para-hydroxylation sites is 1. The number of rotatable bonds is 3. The van der Waals surface area contributed by atoms with E-state index in [4.69, 9.17) is 14.5 Å². The first kappa shape index (κ1) is 18.2. The first-order chi connectivity index (χ1) is 15.2. The molecule has 0 aliphatic carbocycles. The van der Waals surface area contributed by atoms with Gasteiger partial charge in [-0.2, -0.15) is 0 Å². The molecule has 0 fully saturated rings. The summed E-state index contributed by atoms with van der Waals surface area (Å²) in [4.78, 5) is 22.8. The van der Waals surface area contributed by atoms with Crippen molar-refractivity contribution >= 4 is 32.5 Å². The van der Waals surface area contributed by atoms with Gasteiger partial charge in [0.2, 0.25) is 0 Å². The van der Waals surface area contributed by atoms with Gasteiger partial charge in [-0.05, 0) is 36.2 Å². The zero-order valence-electron chi connectivity index (χ0n) is 17.1. The van der Waals surface area contributed by atoms with Gasteiger partial charge in [-0.1, -0.05) is 18.2 Å².